The second-order valence-corrected chi connectivity index (χ2v) is 13.9. The molecule has 0 spiro atoms. The van der Waals surface area contributed by atoms with Gasteiger partial charge in [-0.15, -0.1) is 0 Å². The topological polar surface area (TPSA) is 49.4 Å². The quantitative estimate of drug-likeness (QED) is 0.331. The summed E-state index contributed by atoms with van der Waals surface area (Å²) in [6.07, 6.45) is 2.23. The van der Waals surface area contributed by atoms with Crippen LogP contribution in [0.25, 0.3) is 0 Å². The van der Waals surface area contributed by atoms with Crippen molar-refractivity contribution in [3.05, 3.63) is 111 Å². The highest BCUT2D eigenvalue weighted by Crippen LogP contribution is 2.56. The van der Waals surface area contributed by atoms with Crippen LogP contribution in [0.2, 0.25) is 10.0 Å². The van der Waals surface area contributed by atoms with Gasteiger partial charge < -0.3 is 10.2 Å². The standard InChI is InChI=1S/C35H34Cl2N2O2/c1-34(2)17-26(38-23-11-7-9-21(36)15-23)32(29(40)19-34)31-25-13-5-6-14-27(25)39(24-12-8-10-22(37)16-24)28-18-35(3,4)20-30(41)33(28)31/h5-16,31,38H,17-20H2,1-4H3. The van der Waals surface area contributed by atoms with Gasteiger partial charge in [-0.25, -0.2) is 0 Å². The Hall–Kier alpha value is -3.34. The summed E-state index contributed by atoms with van der Waals surface area (Å²) >= 11 is 12.8. The maximum absolute atomic E-state index is 14.2. The molecule has 0 saturated heterocycles. The van der Waals surface area contributed by atoms with Gasteiger partial charge in [0, 0.05) is 68.4 Å². The van der Waals surface area contributed by atoms with Crippen molar-refractivity contribution in [1.29, 1.82) is 0 Å². The first-order chi connectivity index (χ1) is 19.4. The predicted octanol–water partition coefficient (Wildman–Crippen LogP) is 9.63. The predicted molar refractivity (Wildman–Crippen MR) is 168 cm³/mol. The number of hydrogen-bond acceptors (Lipinski definition) is 4. The number of carbonyl (C=O) groups is 2. The molecule has 0 amide bonds. The molecule has 0 aromatic heterocycles. The first-order valence-electron chi connectivity index (χ1n) is 14.1. The van der Waals surface area contributed by atoms with Crippen molar-refractivity contribution in [2.45, 2.75) is 59.3 Å². The minimum absolute atomic E-state index is 0.0753. The van der Waals surface area contributed by atoms with Gasteiger partial charge in [0.15, 0.2) is 11.6 Å². The molecule has 6 heteroatoms. The number of benzene rings is 3. The zero-order valence-electron chi connectivity index (χ0n) is 23.9. The first-order valence-corrected chi connectivity index (χ1v) is 14.9. The molecule has 0 fully saturated rings. The molecule has 2 aliphatic carbocycles. The van der Waals surface area contributed by atoms with E-state index in [1.54, 1.807) is 0 Å². The van der Waals surface area contributed by atoms with E-state index in [1.165, 1.54) is 0 Å². The molecule has 0 radical (unpaired) electrons. The van der Waals surface area contributed by atoms with Crippen molar-refractivity contribution < 1.29 is 9.59 Å². The molecule has 3 aromatic carbocycles. The molecule has 1 atom stereocenters. The molecule has 0 saturated carbocycles. The largest absolute Gasteiger partial charge is 0.358 e. The fraction of sp³-hybridized carbons (Fsp3) is 0.314. The molecule has 3 aliphatic rings. The van der Waals surface area contributed by atoms with Gasteiger partial charge in [0.2, 0.25) is 0 Å². The summed E-state index contributed by atoms with van der Waals surface area (Å²) in [6.45, 7) is 8.52. The van der Waals surface area contributed by atoms with E-state index in [-0.39, 0.29) is 22.4 Å². The minimum Gasteiger partial charge on any atom is -0.358 e. The Morgan fingerprint density at radius 1 is 0.732 bits per heavy atom. The van der Waals surface area contributed by atoms with E-state index in [0.717, 1.165) is 39.6 Å². The van der Waals surface area contributed by atoms with Gasteiger partial charge in [-0.2, -0.15) is 0 Å². The number of para-hydroxylation sites is 1. The molecule has 4 nitrogen and oxygen atoms in total. The lowest BCUT2D eigenvalue weighted by Crippen LogP contribution is -2.40. The Morgan fingerprint density at radius 2 is 1.37 bits per heavy atom. The summed E-state index contributed by atoms with van der Waals surface area (Å²) in [7, 11) is 0. The lowest BCUT2D eigenvalue weighted by molar-refractivity contribution is -0.118. The third-order valence-electron chi connectivity index (χ3n) is 8.34. The monoisotopic (exact) mass is 584 g/mol. The average Bonchev–Trinajstić information content (AvgIpc) is 2.86. The van der Waals surface area contributed by atoms with Crippen LogP contribution in [-0.2, 0) is 9.59 Å². The third-order valence-corrected chi connectivity index (χ3v) is 8.81. The zero-order valence-corrected chi connectivity index (χ0v) is 25.4. The average molecular weight is 586 g/mol. The molecule has 0 bridgehead atoms. The summed E-state index contributed by atoms with van der Waals surface area (Å²) in [5, 5.41) is 4.82. The smallest absolute Gasteiger partial charge is 0.162 e. The Morgan fingerprint density at radius 3 is 2.07 bits per heavy atom. The molecule has 1 aliphatic heterocycles. The van der Waals surface area contributed by atoms with Crippen LogP contribution >= 0.6 is 23.2 Å². The van der Waals surface area contributed by atoms with Crippen LogP contribution in [0.4, 0.5) is 17.1 Å². The lowest BCUT2D eigenvalue weighted by atomic mass is 9.64. The van der Waals surface area contributed by atoms with E-state index in [9.17, 15) is 9.59 Å². The first kappa shape index (κ1) is 27.8. The Bertz CT molecular complexity index is 1650. The van der Waals surface area contributed by atoms with Crippen LogP contribution in [-0.4, -0.2) is 11.6 Å². The molecular formula is C35H34Cl2N2O2. The van der Waals surface area contributed by atoms with Gasteiger partial charge in [0.05, 0.1) is 0 Å². The van der Waals surface area contributed by atoms with Crippen molar-refractivity contribution in [1.82, 2.24) is 0 Å². The van der Waals surface area contributed by atoms with Crippen molar-refractivity contribution in [3.63, 3.8) is 0 Å². The van der Waals surface area contributed by atoms with Crippen molar-refractivity contribution >= 4 is 51.8 Å². The molecule has 1 unspecified atom stereocenters. The number of Topliss-reactive ketones (excluding diaryl/α,β-unsaturated/α-hetero) is 2. The van der Waals surface area contributed by atoms with Crippen LogP contribution in [0, 0.1) is 10.8 Å². The fourth-order valence-corrected chi connectivity index (χ4v) is 7.17. The van der Waals surface area contributed by atoms with Gasteiger partial charge in [-0.1, -0.05) is 81.2 Å². The van der Waals surface area contributed by atoms with E-state index in [4.69, 9.17) is 23.2 Å². The maximum Gasteiger partial charge on any atom is 0.162 e. The van der Waals surface area contributed by atoms with E-state index >= 15 is 0 Å². The van der Waals surface area contributed by atoms with Crippen molar-refractivity contribution in [2.24, 2.45) is 10.8 Å². The number of nitrogens with one attached hydrogen (secondary N) is 1. The third kappa shape index (κ3) is 5.24. The van der Waals surface area contributed by atoms with Crippen LogP contribution in [0.3, 0.4) is 0 Å². The van der Waals surface area contributed by atoms with Gasteiger partial charge >= 0.3 is 0 Å². The number of nitrogens with zero attached hydrogens (tertiary/aromatic N) is 1. The van der Waals surface area contributed by atoms with Crippen LogP contribution < -0.4 is 10.2 Å². The highest BCUT2D eigenvalue weighted by Gasteiger charge is 2.47. The summed E-state index contributed by atoms with van der Waals surface area (Å²) in [5.41, 5.74) is 6.41. The minimum atomic E-state index is -0.467. The van der Waals surface area contributed by atoms with E-state index < -0.39 is 5.92 Å². The van der Waals surface area contributed by atoms with Gasteiger partial charge in [0.25, 0.3) is 0 Å². The van der Waals surface area contributed by atoms with E-state index in [1.807, 2.05) is 60.7 Å². The number of carbonyl (C=O) groups excluding carboxylic acids is 2. The molecule has 210 valence electrons. The van der Waals surface area contributed by atoms with Gasteiger partial charge in [-0.05, 0) is 71.7 Å². The number of hydrogen-bond donors (Lipinski definition) is 1. The molecule has 1 N–H and O–H groups in total. The van der Waals surface area contributed by atoms with Crippen LogP contribution in [0.5, 0.6) is 0 Å². The molecule has 3 aromatic rings. The number of fused-ring (bicyclic) bond motifs is 1. The molecule has 41 heavy (non-hydrogen) atoms. The lowest BCUT2D eigenvalue weighted by Gasteiger charge is -2.46. The van der Waals surface area contributed by atoms with Gasteiger partial charge in [-0.3, -0.25) is 9.59 Å². The Balaban J connectivity index is 1.63. The van der Waals surface area contributed by atoms with Crippen LogP contribution in [0.1, 0.15) is 64.9 Å². The normalized spacial score (nSPS) is 21.5. The van der Waals surface area contributed by atoms with Gasteiger partial charge in [0.1, 0.15) is 0 Å². The fourth-order valence-electron chi connectivity index (χ4n) is 6.80. The SMILES string of the molecule is CC1(C)CC(=O)C(C2C3=C(CC(C)(C)CC3=O)N(c3cccc(Cl)c3)c3ccccc32)=C(Nc2cccc(Cl)c2)C1. The number of ketones is 2. The van der Waals surface area contributed by atoms with E-state index in [0.29, 0.717) is 41.3 Å². The second kappa shape index (κ2) is 10.2. The number of allylic oxidation sites excluding steroid dienone is 4. The second-order valence-electron chi connectivity index (χ2n) is 13.1. The highest BCUT2D eigenvalue weighted by molar-refractivity contribution is 6.31. The molecule has 1 heterocycles. The molecular weight excluding hydrogens is 551 g/mol. The molecule has 6 rings (SSSR count). The van der Waals surface area contributed by atoms with Crippen LogP contribution in [0.15, 0.2) is 95.3 Å². The maximum atomic E-state index is 14.2. The summed E-state index contributed by atoms with van der Waals surface area (Å²) < 4.78 is 0. The summed E-state index contributed by atoms with van der Waals surface area (Å²) in [4.78, 5) is 30.6. The van der Waals surface area contributed by atoms with E-state index in [2.05, 4.69) is 50.0 Å². The number of halogens is 2. The van der Waals surface area contributed by atoms with Crippen molar-refractivity contribution in [2.75, 3.05) is 10.2 Å². The Kier molecular flexibility index (Phi) is 6.91. The zero-order chi connectivity index (χ0) is 29.1. The van der Waals surface area contributed by atoms with Crippen molar-refractivity contribution in [3.8, 4) is 0 Å². The summed E-state index contributed by atoms with van der Waals surface area (Å²) in [6, 6.07) is 23.5. The number of anilines is 3. The Labute approximate surface area is 252 Å². The highest BCUT2D eigenvalue weighted by atomic mass is 35.5. The number of rotatable bonds is 4. The summed E-state index contributed by atoms with van der Waals surface area (Å²) in [5.74, 6) is -0.299.